The number of rotatable bonds is 7. The number of hydrogen-bond donors (Lipinski definition) is 1. The molecule has 156 valence electrons. The van der Waals surface area contributed by atoms with Crippen molar-refractivity contribution in [2.45, 2.75) is 38.5 Å². The predicted octanol–water partition coefficient (Wildman–Crippen LogP) is 3.47. The van der Waals surface area contributed by atoms with Crippen LogP contribution in [-0.4, -0.2) is 48.7 Å². The lowest BCUT2D eigenvalue weighted by atomic mass is 9.92. The van der Waals surface area contributed by atoms with Gasteiger partial charge in [0.05, 0.1) is 23.6 Å². The fourth-order valence-electron chi connectivity index (χ4n) is 3.25. The van der Waals surface area contributed by atoms with Crippen LogP contribution in [0, 0.1) is 11.7 Å². The van der Waals surface area contributed by atoms with Gasteiger partial charge in [-0.25, -0.2) is 4.39 Å². The number of halogens is 5. The third-order valence-electron chi connectivity index (χ3n) is 4.35. The second-order valence-electron chi connectivity index (χ2n) is 6.78. The van der Waals surface area contributed by atoms with Crippen LogP contribution in [0.2, 0.25) is 5.02 Å². The second-order valence-corrected chi connectivity index (χ2v) is 7.19. The third-order valence-corrected chi connectivity index (χ3v) is 4.66. The first-order valence-electron chi connectivity index (χ1n) is 8.69. The van der Waals surface area contributed by atoms with E-state index >= 15 is 0 Å². The van der Waals surface area contributed by atoms with Crippen LogP contribution in [0.25, 0.3) is 0 Å². The lowest BCUT2D eigenvalue weighted by Crippen LogP contribution is -2.39. The summed E-state index contributed by atoms with van der Waals surface area (Å²) in [6.45, 7) is 1.70. The van der Waals surface area contributed by atoms with Gasteiger partial charge >= 0.3 is 6.18 Å². The van der Waals surface area contributed by atoms with Crippen molar-refractivity contribution < 1.29 is 31.9 Å². The van der Waals surface area contributed by atoms with Crippen LogP contribution in [0.4, 0.5) is 17.6 Å². The summed E-state index contributed by atoms with van der Waals surface area (Å²) in [6.07, 6.45) is -4.52. The molecule has 0 aliphatic carbocycles. The average Bonchev–Trinajstić information content (AvgIpc) is 2.93. The zero-order valence-corrected chi connectivity index (χ0v) is 16.1. The molecule has 0 radical (unpaired) electrons. The molecule has 2 atom stereocenters. The van der Waals surface area contributed by atoms with E-state index in [0.29, 0.717) is 5.56 Å². The van der Waals surface area contributed by atoms with Crippen LogP contribution in [-0.2, 0) is 14.3 Å². The van der Waals surface area contributed by atoms with Crippen LogP contribution < -0.4 is 5.32 Å². The van der Waals surface area contributed by atoms with Crippen molar-refractivity contribution in [1.82, 2.24) is 10.2 Å². The van der Waals surface area contributed by atoms with E-state index in [0.717, 1.165) is 0 Å². The number of amides is 2. The first-order chi connectivity index (χ1) is 13.0. The third kappa shape index (κ3) is 5.57. The molecule has 1 N–H and O–H groups in total. The predicted molar refractivity (Wildman–Crippen MR) is 94.1 cm³/mol. The highest BCUT2D eigenvalue weighted by atomic mass is 35.5. The maximum absolute atomic E-state index is 13.9. The van der Waals surface area contributed by atoms with Crippen molar-refractivity contribution in [3.63, 3.8) is 0 Å². The molecule has 1 aliphatic rings. The van der Waals surface area contributed by atoms with Gasteiger partial charge in [0.25, 0.3) is 0 Å². The van der Waals surface area contributed by atoms with E-state index in [-0.39, 0.29) is 36.5 Å². The number of hydrogen-bond acceptors (Lipinski definition) is 3. The molecular formula is C18H21ClF4N2O3. The number of carbonyl (C=O) groups excluding carboxylic acids is 2. The molecule has 0 unspecified atom stereocenters. The van der Waals surface area contributed by atoms with Crippen molar-refractivity contribution in [1.29, 1.82) is 0 Å². The lowest BCUT2D eigenvalue weighted by Gasteiger charge is -2.31. The van der Waals surface area contributed by atoms with Crippen molar-refractivity contribution >= 4 is 23.4 Å². The number of alkyl halides is 3. The van der Waals surface area contributed by atoms with Crippen molar-refractivity contribution in [2.75, 3.05) is 19.8 Å². The Labute approximate surface area is 165 Å². The SMILES string of the molecule is CC(C)N1C(=O)C[C@@H](C(=O)NCCOCC(F)(F)F)[C@@H]1c1ccc(Cl)c(F)c1. The fourth-order valence-corrected chi connectivity index (χ4v) is 3.37. The van der Waals surface area contributed by atoms with Crippen LogP contribution in [0.1, 0.15) is 31.9 Å². The Morgan fingerprint density at radius 1 is 1.39 bits per heavy atom. The summed E-state index contributed by atoms with van der Waals surface area (Å²) < 4.78 is 54.5. The Balaban J connectivity index is 2.11. The molecule has 10 heteroatoms. The van der Waals surface area contributed by atoms with Crippen LogP contribution in [0.5, 0.6) is 0 Å². The van der Waals surface area contributed by atoms with E-state index in [4.69, 9.17) is 11.6 Å². The van der Waals surface area contributed by atoms with E-state index < -0.39 is 36.5 Å². The smallest absolute Gasteiger partial charge is 0.370 e. The van der Waals surface area contributed by atoms with E-state index in [9.17, 15) is 27.2 Å². The van der Waals surface area contributed by atoms with Crippen LogP contribution in [0.3, 0.4) is 0 Å². The summed E-state index contributed by atoms with van der Waals surface area (Å²) in [6, 6.07) is 3.16. The number of nitrogens with one attached hydrogen (secondary N) is 1. The van der Waals surface area contributed by atoms with Crippen molar-refractivity contribution in [2.24, 2.45) is 5.92 Å². The monoisotopic (exact) mass is 424 g/mol. The van der Waals surface area contributed by atoms with Gasteiger partial charge < -0.3 is 15.0 Å². The Bertz CT molecular complexity index is 727. The highest BCUT2D eigenvalue weighted by Gasteiger charge is 2.45. The molecule has 1 aliphatic heterocycles. The molecule has 1 heterocycles. The zero-order chi connectivity index (χ0) is 21.1. The first kappa shape index (κ1) is 22.4. The number of ether oxygens (including phenoxy) is 1. The van der Waals surface area contributed by atoms with Crippen molar-refractivity contribution in [3.05, 3.63) is 34.6 Å². The van der Waals surface area contributed by atoms with E-state index in [2.05, 4.69) is 10.1 Å². The fraction of sp³-hybridized carbons (Fsp3) is 0.556. The molecule has 1 aromatic carbocycles. The molecule has 0 aromatic heterocycles. The van der Waals surface area contributed by atoms with E-state index in [1.807, 2.05) is 0 Å². The zero-order valence-electron chi connectivity index (χ0n) is 15.4. The minimum Gasteiger partial charge on any atom is -0.370 e. The van der Waals surface area contributed by atoms with Gasteiger partial charge in [-0.2, -0.15) is 13.2 Å². The number of carbonyl (C=O) groups is 2. The Morgan fingerprint density at radius 2 is 2.07 bits per heavy atom. The normalized spacial score (nSPS) is 20.1. The first-order valence-corrected chi connectivity index (χ1v) is 9.07. The molecule has 0 bridgehead atoms. The largest absolute Gasteiger partial charge is 0.411 e. The van der Waals surface area contributed by atoms with Crippen molar-refractivity contribution in [3.8, 4) is 0 Å². The molecule has 2 rings (SSSR count). The highest BCUT2D eigenvalue weighted by Crippen LogP contribution is 2.40. The molecule has 5 nitrogen and oxygen atoms in total. The Hall–Kier alpha value is -1.87. The summed E-state index contributed by atoms with van der Waals surface area (Å²) in [4.78, 5) is 26.5. The molecule has 0 saturated carbocycles. The van der Waals surface area contributed by atoms with Crippen LogP contribution in [0.15, 0.2) is 18.2 Å². The number of nitrogens with zero attached hydrogens (tertiary/aromatic N) is 1. The molecular weight excluding hydrogens is 404 g/mol. The van der Waals surface area contributed by atoms with E-state index in [1.54, 1.807) is 19.9 Å². The number of likely N-dealkylation sites (tertiary alicyclic amines) is 1. The van der Waals surface area contributed by atoms with E-state index in [1.165, 1.54) is 17.0 Å². The topological polar surface area (TPSA) is 58.6 Å². The quantitative estimate of drug-likeness (QED) is 0.538. The lowest BCUT2D eigenvalue weighted by molar-refractivity contribution is -0.173. The maximum Gasteiger partial charge on any atom is 0.411 e. The van der Waals surface area contributed by atoms with Gasteiger partial charge in [0.1, 0.15) is 12.4 Å². The highest BCUT2D eigenvalue weighted by molar-refractivity contribution is 6.30. The van der Waals surface area contributed by atoms with Gasteiger partial charge in [0, 0.05) is 19.0 Å². The maximum atomic E-state index is 13.9. The molecule has 2 amide bonds. The second kappa shape index (κ2) is 9.09. The minimum absolute atomic E-state index is 0.0769. The summed E-state index contributed by atoms with van der Waals surface area (Å²) in [7, 11) is 0. The standard InChI is InChI=1S/C18H21ClF4N2O3/c1-10(2)25-15(26)8-12(16(25)11-3-4-13(19)14(20)7-11)17(27)24-5-6-28-9-18(21,22)23/h3-4,7,10,12,16H,5-6,8-9H2,1-2H3,(H,24,27)/t12-,16+/m1/s1. The van der Waals surface area contributed by atoms with Gasteiger partial charge in [-0.15, -0.1) is 0 Å². The van der Waals surface area contributed by atoms with Gasteiger partial charge in [-0.3, -0.25) is 9.59 Å². The molecule has 28 heavy (non-hydrogen) atoms. The van der Waals surface area contributed by atoms with Gasteiger partial charge in [-0.05, 0) is 31.5 Å². The molecule has 1 fully saturated rings. The van der Waals surface area contributed by atoms with Crippen LogP contribution >= 0.6 is 11.6 Å². The van der Waals surface area contributed by atoms with Gasteiger partial charge in [0.2, 0.25) is 11.8 Å². The summed E-state index contributed by atoms with van der Waals surface area (Å²) in [5, 5.41) is 2.41. The Kier molecular flexibility index (Phi) is 7.28. The molecule has 1 saturated heterocycles. The molecule has 1 aromatic rings. The van der Waals surface area contributed by atoms with Gasteiger partial charge in [-0.1, -0.05) is 17.7 Å². The summed E-state index contributed by atoms with van der Waals surface area (Å²) in [5.74, 6) is -2.24. The molecule has 0 spiro atoms. The number of benzene rings is 1. The minimum atomic E-state index is -4.44. The summed E-state index contributed by atoms with van der Waals surface area (Å²) in [5.41, 5.74) is 0.426. The summed E-state index contributed by atoms with van der Waals surface area (Å²) >= 11 is 5.72. The van der Waals surface area contributed by atoms with Gasteiger partial charge in [0.15, 0.2) is 0 Å². The average molecular weight is 425 g/mol. The Morgan fingerprint density at radius 3 is 2.64 bits per heavy atom.